The number of nitrogens with two attached hydrogens (primary N) is 1. The molecule has 0 fully saturated rings. The van der Waals surface area contributed by atoms with Crippen LogP contribution < -0.4 is 5.73 Å². The predicted molar refractivity (Wildman–Crippen MR) is 75.9 cm³/mol. The second-order valence-corrected chi connectivity index (χ2v) is 5.44. The summed E-state index contributed by atoms with van der Waals surface area (Å²) in [6.45, 7) is 1.98. The average Bonchev–Trinajstić information content (AvgIpc) is 2.33. The van der Waals surface area contributed by atoms with E-state index in [2.05, 4.69) is 15.9 Å². The van der Waals surface area contributed by atoms with Gasteiger partial charge in [0.1, 0.15) is 11.6 Å². The second-order valence-electron chi connectivity index (χ2n) is 4.59. The van der Waals surface area contributed by atoms with Crippen molar-refractivity contribution in [2.45, 2.75) is 19.4 Å². The Labute approximate surface area is 119 Å². The van der Waals surface area contributed by atoms with Crippen LogP contribution in [0.4, 0.5) is 8.78 Å². The van der Waals surface area contributed by atoms with Gasteiger partial charge in [-0.2, -0.15) is 0 Å². The predicted octanol–water partition coefficient (Wildman–Crippen LogP) is 4.28. The summed E-state index contributed by atoms with van der Waals surface area (Å²) in [6.07, 6.45) is 0.472. The quantitative estimate of drug-likeness (QED) is 0.837. The Kier molecular flexibility index (Phi) is 4.32. The minimum absolute atomic E-state index is 0.108. The van der Waals surface area contributed by atoms with Gasteiger partial charge >= 0.3 is 0 Å². The third-order valence-corrected chi connectivity index (χ3v) is 3.58. The van der Waals surface area contributed by atoms with Crippen molar-refractivity contribution < 1.29 is 8.78 Å². The lowest BCUT2D eigenvalue weighted by Gasteiger charge is -2.14. The molecule has 1 nitrogen and oxygen atoms in total. The van der Waals surface area contributed by atoms with Crippen LogP contribution in [0, 0.1) is 18.6 Å². The van der Waals surface area contributed by atoms with Crippen molar-refractivity contribution in [2.75, 3.05) is 0 Å². The van der Waals surface area contributed by atoms with Gasteiger partial charge in [-0.1, -0.05) is 29.8 Å². The van der Waals surface area contributed by atoms with Gasteiger partial charge < -0.3 is 5.73 Å². The molecule has 0 bridgehead atoms. The van der Waals surface area contributed by atoms with Crippen LogP contribution in [0.2, 0.25) is 0 Å². The Balaban J connectivity index is 2.25. The SMILES string of the molecule is Cc1cccc(CC(N)c2cc(F)c(Br)cc2F)c1. The molecule has 2 aromatic carbocycles. The molecule has 0 saturated carbocycles. The zero-order chi connectivity index (χ0) is 14.0. The van der Waals surface area contributed by atoms with Crippen LogP contribution in [0.3, 0.4) is 0 Å². The first-order chi connectivity index (χ1) is 8.97. The smallest absolute Gasteiger partial charge is 0.137 e. The molecule has 0 radical (unpaired) electrons. The van der Waals surface area contributed by atoms with E-state index in [1.807, 2.05) is 31.2 Å². The monoisotopic (exact) mass is 325 g/mol. The summed E-state index contributed by atoms with van der Waals surface area (Å²) < 4.78 is 27.3. The van der Waals surface area contributed by atoms with Crippen LogP contribution in [0.1, 0.15) is 22.7 Å². The highest BCUT2D eigenvalue weighted by Gasteiger charge is 2.15. The summed E-state index contributed by atoms with van der Waals surface area (Å²) in [4.78, 5) is 0. The normalized spacial score (nSPS) is 12.5. The van der Waals surface area contributed by atoms with E-state index >= 15 is 0 Å². The Morgan fingerprint density at radius 2 is 1.89 bits per heavy atom. The van der Waals surface area contributed by atoms with Crippen molar-refractivity contribution in [3.8, 4) is 0 Å². The average molecular weight is 326 g/mol. The summed E-state index contributed by atoms with van der Waals surface area (Å²) in [6, 6.07) is 9.53. The zero-order valence-corrected chi connectivity index (χ0v) is 12.0. The van der Waals surface area contributed by atoms with Crippen LogP contribution in [0.25, 0.3) is 0 Å². The number of hydrogen-bond acceptors (Lipinski definition) is 1. The van der Waals surface area contributed by atoms with E-state index in [1.165, 1.54) is 0 Å². The maximum atomic E-state index is 13.8. The van der Waals surface area contributed by atoms with Crippen LogP contribution in [0.15, 0.2) is 40.9 Å². The lowest BCUT2D eigenvalue weighted by atomic mass is 9.98. The Morgan fingerprint density at radius 3 is 2.58 bits per heavy atom. The minimum atomic E-state index is -0.565. The number of benzene rings is 2. The first-order valence-electron chi connectivity index (χ1n) is 5.93. The Bertz CT molecular complexity index is 599. The molecular weight excluding hydrogens is 312 g/mol. The standard InChI is InChI=1S/C15H14BrF2N/c1-9-3-2-4-10(5-9)6-15(19)11-7-14(18)12(16)8-13(11)17/h2-5,7-8,15H,6,19H2,1H3. The summed E-state index contributed by atoms with van der Waals surface area (Å²) >= 11 is 2.95. The number of halogens is 3. The molecule has 1 atom stereocenters. The number of hydrogen-bond donors (Lipinski definition) is 1. The highest BCUT2D eigenvalue weighted by Crippen LogP contribution is 2.25. The molecule has 1 unspecified atom stereocenters. The largest absolute Gasteiger partial charge is 0.324 e. The maximum Gasteiger partial charge on any atom is 0.137 e. The van der Waals surface area contributed by atoms with Crippen molar-refractivity contribution >= 4 is 15.9 Å². The molecule has 2 rings (SSSR count). The molecule has 0 heterocycles. The molecule has 0 saturated heterocycles. The van der Waals surface area contributed by atoms with Gasteiger partial charge in [-0.3, -0.25) is 0 Å². The van der Waals surface area contributed by atoms with Gasteiger partial charge in [-0.15, -0.1) is 0 Å². The lowest BCUT2D eigenvalue weighted by Crippen LogP contribution is -2.15. The molecule has 0 aromatic heterocycles. The summed E-state index contributed by atoms with van der Waals surface area (Å²) in [5.74, 6) is -0.996. The summed E-state index contributed by atoms with van der Waals surface area (Å²) in [7, 11) is 0. The molecule has 4 heteroatoms. The fraction of sp³-hybridized carbons (Fsp3) is 0.200. The van der Waals surface area contributed by atoms with E-state index in [9.17, 15) is 8.78 Å². The molecule has 0 amide bonds. The van der Waals surface area contributed by atoms with Gasteiger partial charge in [0.25, 0.3) is 0 Å². The molecule has 2 N–H and O–H groups in total. The fourth-order valence-electron chi connectivity index (χ4n) is 2.03. The number of rotatable bonds is 3. The fourth-order valence-corrected chi connectivity index (χ4v) is 2.34. The van der Waals surface area contributed by atoms with Gasteiger partial charge in [0.2, 0.25) is 0 Å². The van der Waals surface area contributed by atoms with Crippen molar-refractivity contribution in [3.05, 3.63) is 69.2 Å². The highest BCUT2D eigenvalue weighted by molar-refractivity contribution is 9.10. The zero-order valence-electron chi connectivity index (χ0n) is 10.5. The van der Waals surface area contributed by atoms with E-state index in [1.54, 1.807) is 0 Å². The molecule has 2 aromatic rings. The van der Waals surface area contributed by atoms with Gasteiger partial charge in [0, 0.05) is 11.6 Å². The summed E-state index contributed by atoms with van der Waals surface area (Å²) in [5, 5.41) is 0. The highest BCUT2D eigenvalue weighted by atomic mass is 79.9. The maximum absolute atomic E-state index is 13.8. The van der Waals surface area contributed by atoms with Gasteiger partial charge in [-0.25, -0.2) is 8.78 Å². The van der Waals surface area contributed by atoms with Crippen LogP contribution in [-0.2, 0) is 6.42 Å². The van der Waals surface area contributed by atoms with Crippen LogP contribution >= 0.6 is 15.9 Å². The van der Waals surface area contributed by atoms with Crippen molar-refractivity contribution in [1.82, 2.24) is 0 Å². The molecule has 100 valence electrons. The van der Waals surface area contributed by atoms with E-state index in [4.69, 9.17) is 5.73 Å². The number of aryl methyl sites for hydroxylation is 1. The Hall–Kier alpha value is -1.26. The molecule has 0 aliphatic carbocycles. The molecule has 0 aliphatic rings. The van der Waals surface area contributed by atoms with Crippen LogP contribution in [0.5, 0.6) is 0 Å². The third-order valence-electron chi connectivity index (χ3n) is 2.98. The van der Waals surface area contributed by atoms with Gasteiger partial charge in [0.15, 0.2) is 0 Å². The molecular formula is C15H14BrF2N. The topological polar surface area (TPSA) is 26.0 Å². The van der Waals surface area contributed by atoms with E-state index < -0.39 is 17.7 Å². The van der Waals surface area contributed by atoms with E-state index in [-0.39, 0.29) is 10.0 Å². The summed E-state index contributed by atoms with van der Waals surface area (Å²) in [5.41, 5.74) is 8.30. The second kappa shape index (κ2) is 5.80. The van der Waals surface area contributed by atoms with E-state index in [0.717, 1.165) is 23.3 Å². The first kappa shape index (κ1) is 14.2. The molecule has 0 spiro atoms. The molecule has 19 heavy (non-hydrogen) atoms. The minimum Gasteiger partial charge on any atom is -0.324 e. The Morgan fingerprint density at radius 1 is 1.16 bits per heavy atom. The van der Waals surface area contributed by atoms with Crippen molar-refractivity contribution in [2.24, 2.45) is 5.73 Å². The lowest BCUT2D eigenvalue weighted by molar-refractivity contribution is 0.557. The third kappa shape index (κ3) is 3.39. The first-order valence-corrected chi connectivity index (χ1v) is 6.72. The van der Waals surface area contributed by atoms with Gasteiger partial charge in [0.05, 0.1) is 4.47 Å². The van der Waals surface area contributed by atoms with Crippen LogP contribution in [-0.4, -0.2) is 0 Å². The molecule has 0 aliphatic heterocycles. The van der Waals surface area contributed by atoms with Crippen molar-refractivity contribution in [1.29, 1.82) is 0 Å². The van der Waals surface area contributed by atoms with Crippen molar-refractivity contribution in [3.63, 3.8) is 0 Å². The van der Waals surface area contributed by atoms with E-state index in [0.29, 0.717) is 6.42 Å². The van der Waals surface area contributed by atoms with Gasteiger partial charge in [-0.05, 0) is 47.0 Å².